The third kappa shape index (κ3) is 3.91. The first kappa shape index (κ1) is 14.3. The predicted octanol–water partition coefficient (Wildman–Crippen LogP) is 2.16. The highest BCUT2D eigenvalue weighted by atomic mass is 19.1. The first-order valence-electron chi connectivity index (χ1n) is 5.96. The summed E-state index contributed by atoms with van der Waals surface area (Å²) in [5.41, 5.74) is 0.549. The van der Waals surface area contributed by atoms with Crippen LogP contribution in [0.1, 0.15) is 20.3 Å². The highest BCUT2D eigenvalue weighted by molar-refractivity contribution is 5.84. The molecule has 1 aromatic carbocycles. The molecule has 0 spiro atoms. The molecule has 0 saturated heterocycles. The maximum absolute atomic E-state index is 13.4. The summed E-state index contributed by atoms with van der Waals surface area (Å²) in [6, 6.07) is 4.09. The zero-order valence-electron chi connectivity index (χ0n) is 10.9. The van der Waals surface area contributed by atoms with E-state index < -0.39 is 11.9 Å². The van der Waals surface area contributed by atoms with Crippen molar-refractivity contribution in [1.82, 2.24) is 5.32 Å². The Bertz CT molecular complexity index is 410. The number of ether oxygens (including phenoxy) is 1. The van der Waals surface area contributed by atoms with Gasteiger partial charge >= 0.3 is 0 Å². The van der Waals surface area contributed by atoms with Gasteiger partial charge in [-0.3, -0.25) is 4.79 Å². The second-order valence-electron chi connectivity index (χ2n) is 4.01. The van der Waals surface area contributed by atoms with Gasteiger partial charge in [-0.15, -0.1) is 0 Å². The number of carbonyl (C=O) groups excluding carboxylic acids is 1. The lowest BCUT2D eigenvalue weighted by Gasteiger charge is -2.15. The molecule has 0 aliphatic rings. The minimum atomic E-state index is -0.455. The van der Waals surface area contributed by atoms with Gasteiger partial charge in [-0.25, -0.2) is 4.39 Å². The summed E-state index contributed by atoms with van der Waals surface area (Å²) < 4.78 is 18.3. The van der Waals surface area contributed by atoms with Gasteiger partial charge in [-0.1, -0.05) is 6.92 Å². The number of anilines is 1. The summed E-state index contributed by atoms with van der Waals surface area (Å²) in [6.07, 6.45) is 0.885. The van der Waals surface area contributed by atoms with Gasteiger partial charge in [-0.05, 0) is 25.5 Å². The van der Waals surface area contributed by atoms with Crippen LogP contribution in [0, 0.1) is 5.82 Å². The molecule has 1 amide bonds. The molecule has 0 aliphatic heterocycles. The summed E-state index contributed by atoms with van der Waals surface area (Å²) in [5, 5.41) is 5.70. The Morgan fingerprint density at radius 3 is 2.78 bits per heavy atom. The summed E-state index contributed by atoms with van der Waals surface area (Å²) in [6.45, 7) is 4.35. The highest BCUT2D eigenvalue weighted by Crippen LogP contribution is 2.20. The number of hydrogen-bond acceptors (Lipinski definition) is 3. The fourth-order valence-corrected chi connectivity index (χ4v) is 1.47. The Labute approximate surface area is 107 Å². The first-order valence-corrected chi connectivity index (χ1v) is 5.96. The van der Waals surface area contributed by atoms with E-state index in [-0.39, 0.29) is 11.7 Å². The number of methoxy groups -OCH3 is 1. The van der Waals surface area contributed by atoms with Crippen LogP contribution in [0.15, 0.2) is 18.2 Å². The van der Waals surface area contributed by atoms with Gasteiger partial charge in [0.1, 0.15) is 6.04 Å². The number of carbonyl (C=O) groups is 1. The van der Waals surface area contributed by atoms with E-state index in [9.17, 15) is 9.18 Å². The smallest absolute Gasteiger partial charge is 0.242 e. The minimum absolute atomic E-state index is 0.104. The number of hydrogen-bond donors (Lipinski definition) is 2. The largest absolute Gasteiger partial charge is 0.494 e. The fourth-order valence-electron chi connectivity index (χ4n) is 1.47. The van der Waals surface area contributed by atoms with Crippen molar-refractivity contribution in [2.24, 2.45) is 0 Å². The molecule has 0 radical (unpaired) electrons. The van der Waals surface area contributed by atoms with E-state index in [0.29, 0.717) is 12.2 Å². The van der Waals surface area contributed by atoms with E-state index in [2.05, 4.69) is 10.6 Å². The van der Waals surface area contributed by atoms with E-state index >= 15 is 0 Å². The monoisotopic (exact) mass is 254 g/mol. The maximum Gasteiger partial charge on any atom is 0.242 e. The Morgan fingerprint density at radius 2 is 2.22 bits per heavy atom. The van der Waals surface area contributed by atoms with E-state index in [1.54, 1.807) is 13.0 Å². The van der Waals surface area contributed by atoms with Gasteiger partial charge < -0.3 is 15.4 Å². The predicted molar refractivity (Wildman–Crippen MR) is 69.3 cm³/mol. The molecule has 2 N–H and O–H groups in total. The van der Waals surface area contributed by atoms with E-state index in [1.165, 1.54) is 19.2 Å². The number of benzene rings is 1. The Balaban J connectivity index is 2.61. The zero-order chi connectivity index (χ0) is 13.5. The van der Waals surface area contributed by atoms with Crippen LogP contribution in [0.25, 0.3) is 0 Å². The second kappa shape index (κ2) is 6.83. The van der Waals surface area contributed by atoms with Gasteiger partial charge in [-0.2, -0.15) is 0 Å². The van der Waals surface area contributed by atoms with Gasteiger partial charge in [0.25, 0.3) is 0 Å². The number of nitrogens with one attached hydrogen (secondary N) is 2. The van der Waals surface area contributed by atoms with Gasteiger partial charge in [0, 0.05) is 18.3 Å². The third-order valence-electron chi connectivity index (χ3n) is 2.48. The van der Waals surface area contributed by atoms with Gasteiger partial charge in [0.15, 0.2) is 11.6 Å². The topological polar surface area (TPSA) is 50.4 Å². The summed E-state index contributed by atoms with van der Waals surface area (Å²) >= 11 is 0. The molecule has 5 heteroatoms. The first-order chi connectivity index (χ1) is 8.58. The van der Waals surface area contributed by atoms with Crippen LogP contribution in [0.4, 0.5) is 10.1 Å². The zero-order valence-corrected chi connectivity index (χ0v) is 10.9. The molecule has 0 saturated carbocycles. The lowest BCUT2D eigenvalue weighted by atomic mass is 10.2. The van der Waals surface area contributed by atoms with Crippen molar-refractivity contribution in [3.05, 3.63) is 24.0 Å². The molecule has 0 bridgehead atoms. The molecule has 1 aromatic rings. The molecule has 0 fully saturated rings. The van der Waals surface area contributed by atoms with E-state index in [0.717, 1.165) is 6.42 Å². The van der Waals surface area contributed by atoms with Crippen LogP contribution in [0.5, 0.6) is 5.75 Å². The molecule has 4 nitrogen and oxygen atoms in total. The van der Waals surface area contributed by atoms with Crippen LogP contribution in [-0.2, 0) is 4.79 Å². The average Bonchev–Trinajstić information content (AvgIpc) is 2.36. The standard InChI is InChI=1S/C13H19FN2O2/c1-4-7-15-13(17)9(2)16-10-5-6-12(18-3)11(14)8-10/h5-6,8-9,16H,4,7H2,1-3H3,(H,15,17). The molecule has 1 unspecified atom stereocenters. The van der Waals surface area contributed by atoms with Crippen molar-refractivity contribution in [1.29, 1.82) is 0 Å². The number of rotatable bonds is 6. The molecule has 0 aromatic heterocycles. The average molecular weight is 254 g/mol. The second-order valence-corrected chi connectivity index (χ2v) is 4.01. The van der Waals surface area contributed by atoms with E-state index in [4.69, 9.17) is 4.74 Å². The van der Waals surface area contributed by atoms with E-state index in [1.807, 2.05) is 6.92 Å². The number of amides is 1. The normalized spacial score (nSPS) is 11.8. The molecule has 100 valence electrons. The molecule has 0 heterocycles. The highest BCUT2D eigenvalue weighted by Gasteiger charge is 2.12. The summed E-state index contributed by atoms with van der Waals surface area (Å²) in [7, 11) is 1.41. The van der Waals surface area contributed by atoms with Crippen LogP contribution in [-0.4, -0.2) is 25.6 Å². The van der Waals surface area contributed by atoms with Crippen LogP contribution >= 0.6 is 0 Å². The van der Waals surface area contributed by atoms with Crippen LogP contribution < -0.4 is 15.4 Å². The maximum atomic E-state index is 13.4. The fraction of sp³-hybridized carbons (Fsp3) is 0.462. The molecule has 1 rings (SSSR count). The van der Waals surface area contributed by atoms with Crippen molar-refractivity contribution >= 4 is 11.6 Å². The molecule has 0 aliphatic carbocycles. The van der Waals surface area contributed by atoms with Crippen molar-refractivity contribution < 1.29 is 13.9 Å². The number of halogens is 1. The molecular formula is C13H19FN2O2. The van der Waals surface area contributed by atoms with Crippen molar-refractivity contribution in [3.8, 4) is 5.75 Å². The lowest BCUT2D eigenvalue weighted by Crippen LogP contribution is -2.37. The Kier molecular flexibility index (Phi) is 5.42. The lowest BCUT2D eigenvalue weighted by molar-refractivity contribution is -0.121. The van der Waals surface area contributed by atoms with Crippen molar-refractivity contribution in [3.63, 3.8) is 0 Å². The Morgan fingerprint density at radius 1 is 1.50 bits per heavy atom. The van der Waals surface area contributed by atoms with Gasteiger partial charge in [0.05, 0.1) is 7.11 Å². The minimum Gasteiger partial charge on any atom is -0.494 e. The molecule has 18 heavy (non-hydrogen) atoms. The Hall–Kier alpha value is -1.78. The molecular weight excluding hydrogens is 235 g/mol. The quantitative estimate of drug-likeness (QED) is 0.818. The summed E-state index contributed by atoms with van der Waals surface area (Å²) in [4.78, 5) is 11.6. The summed E-state index contributed by atoms with van der Waals surface area (Å²) in [5.74, 6) is -0.375. The van der Waals surface area contributed by atoms with Gasteiger partial charge in [0.2, 0.25) is 5.91 Å². The van der Waals surface area contributed by atoms with Crippen LogP contribution in [0.2, 0.25) is 0 Å². The third-order valence-corrected chi connectivity index (χ3v) is 2.48. The van der Waals surface area contributed by atoms with Crippen LogP contribution in [0.3, 0.4) is 0 Å². The van der Waals surface area contributed by atoms with Crippen molar-refractivity contribution in [2.45, 2.75) is 26.3 Å². The van der Waals surface area contributed by atoms with Crippen molar-refractivity contribution in [2.75, 3.05) is 19.0 Å². The SMILES string of the molecule is CCCNC(=O)C(C)Nc1ccc(OC)c(F)c1. The molecule has 1 atom stereocenters.